The van der Waals surface area contributed by atoms with Crippen LogP contribution in [-0.4, -0.2) is 17.6 Å². The summed E-state index contributed by atoms with van der Waals surface area (Å²) < 4.78 is 0. The Morgan fingerprint density at radius 1 is 1.78 bits per heavy atom. The van der Waals surface area contributed by atoms with Gasteiger partial charge in [-0.15, -0.1) is 0 Å². The topological polar surface area (TPSA) is 38.7 Å². The standard InChI is InChI=1S/C6H9NO2/c1-6(2)3-5(4-8)7-9-6/h4H,3H2,1-2H3. The van der Waals surface area contributed by atoms with Crippen LogP contribution in [0.1, 0.15) is 20.3 Å². The van der Waals surface area contributed by atoms with Crippen molar-refractivity contribution >= 4 is 12.0 Å². The zero-order valence-electron chi connectivity index (χ0n) is 5.55. The molecule has 50 valence electrons. The molecule has 1 aliphatic heterocycles. The Morgan fingerprint density at radius 3 is 2.67 bits per heavy atom. The van der Waals surface area contributed by atoms with Crippen LogP contribution in [0.3, 0.4) is 0 Å². The molecule has 0 saturated heterocycles. The normalized spacial score (nSPS) is 22.7. The first-order valence-electron chi connectivity index (χ1n) is 2.84. The van der Waals surface area contributed by atoms with Gasteiger partial charge in [0.15, 0.2) is 6.29 Å². The highest BCUT2D eigenvalue weighted by atomic mass is 16.7. The quantitative estimate of drug-likeness (QED) is 0.487. The summed E-state index contributed by atoms with van der Waals surface area (Å²) in [4.78, 5) is 15.0. The number of hydrogen-bond donors (Lipinski definition) is 0. The third kappa shape index (κ3) is 1.28. The van der Waals surface area contributed by atoms with Crippen molar-refractivity contribution in [2.24, 2.45) is 5.16 Å². The molecular formula is C6H9NO2. The molecule has 0 aromatic carbocycles. The van der Waals surface area contributed by atoms with E-state index in [1.165, 1.54) is 0 Å². The van der Waals surface area contributed by atoms with Gasteiger partial charge in [0, 0.05) is 6.42 Å². The lowest BCUT2D eigenvalue weighted by atomic mass is 10.0. The van der Waals surface area contributed by atoms with Crippen LogP contribution >= 0.6 is 0 Å². The molecule has 0 fully saturated rings. The third-order valence-corrected chi connectivity index (χ3v) is 1.15. The maximum atomic E-state index is 10.1. The summed E-state index contributed by atoms with van der Waals surface area (Å²) in [5, 5.41) is 3.56. The molecule has 1 rings (SSSR count). The second kappa shape index (κ2) is 1.83. The van der Waals surface area contributed by atoms with Gasteiger partial charge in [-0.05, 0) is 13.8 Å². The molecule has 3 heteroatoms. The molecule has 0 unspecified atom stereocenters. The molecule has 0 aliphatic carbocycles. The van der Waals surface area contributed by atoms with Gasteiger partial charge >= 0.3 is 0 Å². The van der Waals surface area contributed by atoms with E-state index in [0.717, 1.165) is 6.29 Å². The molecular weight excluding hydrogens is 118 g/mol. The lowest BCUT2D eigenvalue weighted by molar-refractivity contribution is -0.102. The zero-order valence-corrected chi connectivity index (χ0v) is 5.55. The maximum absolute atomic E-state index is 10.1. The first kappa shape index (κ1) is 6.26. The highest BCUT2D eigenvalue weighted by molar-refractivity contribution is 6.28. The summed E-state index contributed by atoms with van der Waals surface area (Å²) in [5.41, 5.74) is 0.232. The number of hydrogen-bond acceptors (Lipinski definition) is 3. The molecule has 0 radical (unpaired) electrons. The van der Waals surface area contributed by atoms with E-state index in [1.54, 1.807) is 0 Å². The van der Waals surface area contributed by atoms with Gasteiger partial charge in [0.25, 0.3) is 0 Å². The maximum Gasteiger partial charge on any atom is 0.167 e. The van der Waals surface area contributed by atoms with Crippen LogP contribution in [0.15, 0.2) is 5.16 Å². The van der Waals surface area contributed by atoms with Gasteiger partial charge in [-0.1, -0.05) is 5.16 Å². The van der Waals surface area contributed by atoms with Gasteiger partial charge in [0.05, 0.1) is 0 Å². The molecule has 1 aliphatic rings. The Bertz CT molecular complexity index is 160. The summed E-state index contributed by atoms with van der Waals surface area (Å²) in [6.07, 6.45) is 1.35. The molecule has 3 nitrogen and oxygen atoms in total. The van der Waals surface area contributed by atoms with Gasteiger partial charge in [0.1, 0.15) is 11.3 Å². The highest BCUT2D eigenvalue weighted by Gasteiger charge is 2.28. The number of aldehydes is 1. The Balaban J connectivity index is 2.59. The monoisotopic (exact) mass is 127 g/mol. The van der Waals surface area contributed by atoms with Crippen molar-refractivity contribution in [3.63, 3.8) is 0 Å². The fourth-order valence-electron chi connectivity index (χ4n) is 0.746. The fourth-order valence-corrected chi connectivity index (χ4v) is 0.746. The van der Waals surface area contributed by atoms with Gasteiger partial charge in [-0.2, -0.15) is 0 Å². The van der Waals surface area contributed by atoms with E-state index in [2.05, 4.69) is 5.16 Å². The average molecular weight is 127 g/mol. The molecule has 0 amide bonds. The predicted octanol–water partition coefficient (Wildman–Crippen LogP) is 0.740. The van der Waals surface area contributed by atoms with Gasteiger partial charge in [0.2, 0.25) is 0 Å². The first-order valence-corrected chi connectivity index (χ1v) is 2.84. The van der Waals surface area contributed by atoms with E-state index >= 15 is 0 Å². The van der Waals surface area contributed by atoms with Crippen molar-refractivity contribution in [2.45, 2.75) is 25.9 Å². The Morgan fingerprint density at radius 2 is 2.44 bits per heavy atom. The minimum atomic E-state index is -0.268. The summed E-state index contributed by atoms with van der Waals surface area (Å²) in [7, 11) is 0. The van der Waals surface area contributed by atoms with E-state index < -0.39 is 0 Å². The number of nitrogens with zero attached hydrogens (tertiary/aromatic N) is 1. The van der Waals surface area contributed by atoms with E-state index in [9.17, 15) is 4.79 Å². The summed E-state index contributed by atoms with van der Waals surface area (Å²) in [6.45, 7) is 3.79. The van der Waals surface area contributed by atoms with Crippen LogP contribution in [0.25, 0.3) is 0 Å². The largest absolute Gasteiger partial charge is 0.389 e. The third-order valence-electron chi connectivity index (χ3n) is 1.15. The molecule has 0 aromatic rings. The van der Waals surface area contributed by atoms with Crippen LogP contribution < -0.4 is 0 Å². The molecule has 1 heterocycles. The first-order chi connectivity index (χ1) is 4.14. The summed E-state index contributed by atoms with van der Waals surface area (Å²) >= 11 is 0. The van der Waals surface area contributed by atoms with E-state index in [0.29, 0.717) is 12.1 Å². The molecule has 0 aromatic heterocycles. The van der Waals surface area contributed by atoms with E-state index in [4.69, 9.17) is 4.84 Å². The van der Waals surface area contributed by atoms with Crippen molar-refractivity contribution in [2.75, 3.05) is 0 Å². The molecule has 0 bridgehead atoms. The van der Waals surface area contributed by atoms with Crippen molar-refractivity contribution in [1.29, 1.82) is 0 Å². The number of oxime groups is 1. The SMILES string of the molecule is CC1(C)CC(C=O)=NO1. The highest BCUT2D eigenvalue weighted by Crippen LogP contribution is 2.20. The molecule has 0 atom stereocenters. The zero-order chi connectivity index (χ0) is 6.91. The van der Waals surface area contributed by atoms with Crippen LogP contribution in [0, 0.1) is 0 Å². The van der Waals surface area contributed by atoms with Crippen molar-refractivity contribution in [1.82, 2.24) is 0 Å². The molecule has 0 saturated carbocycles. The minimum Gasteiger partial charge on any atom is -0.389 e. The number of rotatable bonds is 1. The van der Waals surface area contributed by atoms with Crippen LogP contribution in [0.4, 0.5) is 0 Å². The van der Waals surface area contributed by atoms with Gasteiger partial charge < -0.3 is 4.84 Å². The second-order valence-corrected chi connectivity index (χ2v) is 2.73. The van der Waals surface area contributed by atoms with Crippen molar-refractivity contribution < 1.29 is 9.63 Å². The Hall–Kier alpha value is -0.860. The lowest BCUT2D eigenvalue weighted by Crippen LogP contribution is -2.19. The summed E-state index contributed by atoms with van der Waals surface area (Å²) in [5.74, 6) is 0. The molecule has 0 N–H and O–H groups in total. The van der Waals surface area contributed by atoms with E-state index in [-0.39, 0.29) is 5.60 Å². The second-order valence-electron chi connectivity index (χ2n) is 2.73. The van der Waals surface area contributed by atoms with Crippen LogP contribution in [-0.2, 0) is 9.63 Å². The average Bonchev–Trinajstić information content (AvgIpc) is 2.10. The fraction of sp³-hybridized carbons (Fsp3) is 0.667. The molecule has 0 spiro atoms. The Kier molecular flexibility index (Phi) is 1.27. The Labute approximate surface area is 53.7 Å². The number of carbonyl (C=O) groups excluding carboxylic acids is 1. The minimum absolute atomic E-state index is 0.268. The lowest BCUT2D eigenvalue weighted by Gasteiger charge is -2.12. The predicted molar refractivity (Wildman–Crippen MR) is 33.3 cm³/mol. The van der Waals surface area contributed by atoms with Gasteiger partial charge in [-0.25, -0.2) is 0 Å². The van der Waals surface area contributed by atoms with Crippen LogP contribution in [0.2, 0.25) is 0 Å². The molecule has 9 heavy (non-hydrogen) atoms. The van der Waals surface area contributed by atoms with Crippen LogP contribution in [0.5, 0.6) is 0 Å². The number of carbonyl (C=O) groups is 1. The van der Waals surface area contributed by atoms with E-state index in [1.807, 2.05) is 13.8 Å². The van der Waals surface area contributed by atoms with Gasteiger partial charge in [-0.3, -0.25) is 4.79 Å². The summed E-state index contributed by atoms with van der Waals surface area (Å²) in [6, 6.07) is 0. The smallest absolute Gasteiger partial charge is 0.167 e. The van der Waals surface area contributed by atoms with Crippen molar-refractivity contribution in [3.8, 4) is 0 Å². The van der Waals surface area contributed by atoms with Crippen molar-refractivity contribution in [3.05, 3.63) is 0 Å².